The molecule has 1 heterocycles. The fraction of sp³-hybridized carbons (Fsp3) is 0.261. The van der Waals surface area contributed by atoms with Crippen molar-refractivity contribution in [3.8, 4) is 17.2 Å². The van der Waals surface area contributed by atoms with E-state index >= 15 is 0 Å². The highest BCUT2D eigenvalue weighted by molar-refractivity contribution is 5.40. The minimum Gasteiger partial charge on any atom is -0.497 e. The Morgan fingerprint density at radius 1 is 0.966 bits per heavy atom. The zero-order valence-corrected chi connectivity index (χ0v) is 16.7. The van der Waals surface area contributed by atoms with Gasteiger partial charge in [-0.1, -0.05) is 18.2 Å². The van der Waals surface area contributed by atoms with E-state index < -0.39 is 6.10 Å². The van der Waals surface area contributed by atoms with Crippen LogP contribution in [0.1, 0.15) is 22.9 Å². The Bertz CT molecular complexity index is 885. The number of ether oxygens (including phenoxy) is 3. The van der Waals surface area contributed by atoms with Gasteiger partial charge in [-0.3, -0.25) is 4.98 Å². The summed E-state index contributed by atoms with van der Waals surface area (Å²) in [7, 11) is 3.25. The molecular formula is C23H26N2O4. The van der Waals surface area contributed by atoms with Crippen molar-refractivity contribution in [2.75, 3.05) is 20.8 Å². The Kier molecular flexibility index (Phi) is 7.44. The molecule has 6 heteroatoms. The molecule has 0 fully saturated rings. The standard InChI is InChI=1S/C23H26N2O4/c1-27-20-8-6-17(7-9-20)22(26)15-24-14-18-13-21(28-2)10-11-23(18)29-16-19-5-3-4-12-25-19/h3-13,22,24,26H,14-16H2,1-2H3. The molecular weight excluding hydrogens is 368 g/mol. The van der Waals surface area contributed by atoms with E-state index in [1.54, 1.807) is 20.4 Å². The Balaban J connectivity index is 1.60. The molecule has 0 radical (unpaired) electrons. The van der Waals surface area contributed by atoms with Gasteiger partial charge in [-0.05, 0) is 48.0 Å². The number of methoxy groups -OCH3 is 2. The molecule has 152 valence electrons. The van der Waals surface area contributed by atoms with Crippen molar-refractivity contribution in [3.05, 3.63) is 83.7 Å². The lowest BCUT2D eigenvalue weighted by atomic mass is 10.1. The molecule has 0 amide bonds. The molecule has 0 bridgehead atoms. The number of benzene rings is 2. The number of aliphatic hydroxyl groups is 1. The second-order valence-electron chi connectivity index (χ2n) is 6.50. The highest BCUT2D eigenvalue weighted by Crippen LogP contribution is 2.25. The van der Waals surface area contributed by atoms with Crippen LogP contribution in [0.15, 0.2) is 66.9 Å². The van der Waals surface area contributed by atoms with Gasteiger partial charge in [0, 0.05) is 24.8 Å². The van der Waals surface area contributed by atoms with Crippen molar-refractivity contribution in [1.29, 1.82) is 0 Å². The maximum absolute atomic E-state index is 10.4. The molecule has 0 saturated heterocycles. The number of pyridine rings is 1. The van der Waals surface area contributed by atoms with Crippen LogP contribution in [0.3, 0.4) is 0 Å². The van der Waals surface area contributed by atoms with E-state index in [9.17, 15) is 5.11 Å². The topological polar surface area (TPSA) is 72.8 Å². The average Bonchev–Trinajstić information content (AvgIpc) is 2.78. The van der Waals surface area contributed by atoms with E-state index in [0.717, 1.165) is 34.1 Å². The number of nitrogens with zero attached hydrogens (tertiary/aromatic N) is 1. The monoisotopic (exact) mass is 394 g/mol. The second-order valence-corrected chi connectivity index (χ2v) is 6.50. The molecule has 0 aliphatic carbocycles. The van der Waals surface area contributed by atoms with Gasteiger partial charge in [0.1, 0.15) is 23.9 Å². The summed E-state index contributed by atoms with van der Waals surface area (Å²) in [5.41, 5.74) is 2.63. The van der Waals surface area contributed by atoms with Gasteiger partial charge in [-0.2, -0.15) is 0 Å². The predicted octanol–water partition coefficient (Wildman–Crippen LogP) is 3.50. The first-order chi connectivity index (χ1) is 14.2. The van der Waals surface area contributed by atoms with Gasteiger partial charge in [0.15, 0.2) is 0 Å². The Labute approximate surface area is 171 Å². The van der Waals surface area contributed by atoms with Crippen LogP contribution < -0.4 is 19.5 Å². The fourth-order valence-corrected chi connectivity index (χ4v) is 2.88. The summed E-state index contributed by atoms with van der Waals surface area (Å²) in [6, 6.07) is 18.8. The normalized spacial score (nSPS) is 11.7. The van der Waals surface area contributed by atoms with E-state index in [1.165, 1.54) is 0 Å². The zero-order valence-electron chi connectivity index (χ0n) is 16.7. The largest absolute Gasteiger partial charge is 0.497 e. The smallest absolute Gasteiger partial charge is 0.130 e. The Hall–Kier alpha value is -3.09. The van der Waals surface area contributed by atoms with Gasteiger partial charge < -0.3 is 24.6 Å². The molecule has 1 aromatic heterocycles. The maximum Gasteiger partial charge on any atom is 0.130 e. The van der Waals surface area contributed by atoms with Crippen molar-refractivity contribution < 1.29 is 19.3 Å². The molecule has 0 saturated carbocycles. The first kappa shape index (κ1) is 20.6. The number of aromatic nitrogens is 1. The van der Waals surface area contributed by atoms with E-state index in [-0.39, 0.29) is 0 Å². The van der Waals surface area contributed by atoms with Crippen LogP contribution in [-0.4, -0.2) is 30.9 Å². The summed E-state index contributed by atoms with van der Waals surface area (Å²) >= 11 is 0. The van der Waals surface area contributed by atoms with Gasteiger partial charge in [-0.15, -0.1) is 0 Å². The van der Waals surface area contributed by atoms with Crippen molar-refractivity contribution in [1.82, 2.24) is 10.3 Å². The highest BCUT2D eigenvalue weighted by Gasteiger charge is 2.10. The van der Waals surface area contributed by atoms with E-state index in [2.05, 4.69) is 10.3 Å². The summed E-state index contributed by atoms with van der Waals surface area (Å²) in [6.07, 6.45) is 1.12. The number of aliphatic hydroxyl groups excluding tert-OH is 1. The molecule has 0 aliphatic rings. The zero-order chi connectivity index (χ0) is 20.5. The van der Waals surface area contributed by atoms with Gasteiger partial charge in [0.05, 0.1) is 26.0 Å². The third kappa shape index (κ3) is 5.94. The van der Waals surface area contributed by atoms with Crippen LogP contribution in [-0.2, 0) is 13.2 Å². The van der Waals surface area contributed by atoms with Crippen LogP contribution in [0.25, 0.3) is 0 Å². The van der Waals surface area contributed by atoms with Crippen LogP contribution in [0.2, 0.25) is 0 Å². The van der Waals surface area contributed by atoms with E-state index in [0.29, 0.717) is 19.7 Å². The SMILES string of the molecule is COc1ccc(C(O)CNCc2cc(OC)ccc2OCc2ccccn2)cc1. The molecule has 1 unspecified atom stereocenters. The molecule has 6 nitrogen and oxygen atoms in total. The number of rotatable bonds is 10. The molecule has 2 N–H and O–H groups in total. The molecule has 1 atom stereocenters. The molecule has 29 heavy (non-hydrogen) atoms. The van der Waals surface area contributed by atoms with E-state index in [1.807, 2.05) is 60.7 Å². The summed E-state index contributed by atoms with van der Waals surface area (Å²) in [4.78, 5) is 4.28. The minimum atomic E-state index is -0.621. The first-order valence-corrected chi connectivity index (χ1v) is 9.42. The summed E-state index contributed by atoms with van der Waals surface area (Å²) in [5.74, 6) is 2.27. The van der Waals surface area contributed by atoms with Crippen LogP contribution in [0.4, 0.5) is 0 Å². The molecule has 2 aromatic carbocycles. The fourth-order valence-electron chi connectivity index (χ4n) is 2.88. The molecule has 3 aromatic rings. The first-order valence-electron chi connectivity index (χ1n) is 9.42. The van der Waals surface area contributed by atoms with E-state index in [4.69, 9.17) is 14.2 Å². The number of hydrogen-bond acceptors (Lipinski definition) is 6. The maximum atomic E-state index is 10.4. The quantitative estimate of drug-likeness (QED) is 0.548. The lowest BCUT2D eigenvalue weighted by Crippen LogP contribution is -2.21. The highest BCUT2D eigenvalue weighted by atomic mass is 16.5. The van der Waals surface area contributed by atoms with Crippen molar-refractivity contribution in [3.63, 3.8) is 0 Å². The van der Waals surface area contributed by atoms with Gasteiger partial charge in [0.25, 0.3) is 0 Å². The van der Waals surface area contributed by atoms with Crippen molar-refractivity contribution in [2.45, 2.75) is 19.3 Å². The van der Waals surface area contributed by atoms with Gasteiger partial charge >= 0.3 is 0 Å². The lowest BCUT2D eigenvalue weighted by molar-refractivity contribution is 0.174. The number of hydrogen-bond donors (Lipinski definition) is 2. The summed E-state index contributed by atoms with van der Waals surface area (Å²) in [6.45, 7) is 1.32. The van der Waals surface area contributed by atoms with Gasteiger partial charge in [-0.25, -0.2) is 0 Å². The van der Waals surface area contributed by atoms with Crippen LogP contribution >= 0.6 is 0 Å². The number of nitrogens with one attached hydrogen (secondary N) is 1. The Morgan fingerprint density at radius 3 is 2.41 bits per heavy atom. The molecule has 3 rings (SSSR count). The third-order valence-electron chi connectivity index (χ3n) is 4.52. The Morgan fingerprint density at radius 2 is 1.72 bits per heavy atom. The van der Waals surface area contributed by atoms with Crippen molar-refractivity contribution in [2.24, 2.45) is 0 Å². The molecule has 0 spiro atoms. The third-order valence-corrected chi connectivity index (χ3v) is 4.52. The lowest BCUT2D eigenvalue weighted by Gasteiger charge is -2.16. The minimum absolute atomic E-state index is 0.384. The van der Waals surface area contributed by atoms with Crippen LogP contribution in [0, 0.1) is 0 Å². The van der Waals surface area contributed by atoms with Gasteiger partial charge in [0.2, 0.25) is 0 Å². The van der Waals surface area contributed by atoms with Crippen LogP contribution in [0.5, 0.6) is 17.2 Å². The van der Waals surface area contributed by atoms with Crippen molar-refractivity contribution >= 4 is 0 Å². The predicted molar refractivity (Wildman–Crippen MR) is 111 cm³/mol. The second kappa shape index (κ2) is 10.5. The molecule has 0 aliphatic heterocycles. The summed E-state index contributed by atoms with van der Waals surface area (Å²) in [5, 5.41) is 13.7. The summed E-state index contributed by atoms with van der Waals surface area (Å²) < 4.78 is 16.4. The average molecular weight is 394 g/mol.